The van der Waals surface area contributed by atoms with Crippen LogP contribution in [0.1, 0.15) is 24.1 Å². The first-order chi connectivity index (χ1) is 14.2. The Labute approximate surface area is 170 Å². The van der Waals surface area contributed by atoms with E-state index >= 15 is 0 Å². The van der Waals surface area contributed by atoms with Gasteiger partial charge in [-0.3, -0.25) is 4.57 Å². The molecule has 1 N–H and O–H groups in total. The number of methoxy groups -OCH3 is 2. The van der Waals surface area contributed by atoms with Crippen molar-refractivity contribution in [3.63, 3.8) is 0 Å². The third kappa shape index (κ3) is 3.96. The number of hydrogen-bond acceptors (Lipinski definition) is 4. The molecule has 0 aliphatic carbocycles. The van der Waals surface area contributed by atoms with Crippen molar-refractivity contribution in [3.05, 3.63) is 84.2 Å². The molecule has 5 heteroatoms. The van der Waals surface area contributed by atoms with E-state index in [1.54, 1.807) is 14.2 Å². The Hall–Kier alpha value is -3.31. The standard InChI is InChI=1S/C24H25N3O2/c1-17(21-14-20(28-2)12-13-24(21)29-3)25-15-18-8-10-19(11-9-18)27-16-26-22-6-4-5-7-23(22)27/h4-14,16-17,25H,15H2,1-3H3/t17-/m0/s1. The number of ether oxygens (including phenoxy) is 2. The van der Waals surface area contributed by atoms with Gasteiger partial charge < -0.3 is 14.8 Å². The van der Waals surface area contributed by atoms with Crippen LogP contribution in [0.2, 0.25) is 0 Å². The van der Waals surface area contributed by atoms with Gasteiger partial charge in [-0.05, 0) is 55.0 Å². The first-order valence-corrected chi connectivity index (χ1v) is 9.66. The summed E-state index contributed by atoms with van der Waals surface area (Å²) in [6, 6.07) is 22.7. The lowest BCUT2D eigenvalue weighted by atomic mass is 10.1. The molecule has 0 aliphatic heterocycles. The first-order valence-electron chi connectivity index (χ1n) is 9.66. The SMILES string of the molecule is COc1ccc(OC)c([C@H](C)NCc2ccc(-n3cnc4ccccc43)cc2)c1. The second kappa shape index (κ2) is 8.37. The minimum Gasteiger partial charge on any atom is -0.497 e. The number of benzene rings is 3. The molecule has 29 heavy (non-hydrogen) atoms. The van der Waals surface area contributed by atoms with E-state index in [1.807, 2.05) is 42.7 Å². The molecule has 0 spiro atoms. The zero-order chi connectivity index (χ0) is 20.2. The largest absolute Gasteiger partial charge is 0.497 e. The molecule has 0 saturated heterocycles. The highest BCUT2D eigenvalue weighted by molar-refractivity contribution is 5.77. The maximum atomic E-state index is 5.51. The van der Waals surface area contributed by atoms with Crippen molar-refractivity contribution in [3.8, 4) is 17.2 Å². The van der Waals surface area contributed by atoms with Gasteiger partial charge in [-0.25, -0.2) is 4.98 Å². The molecule has 0 amide bonds. The van der Waals surface area contributed by atoms with Crippen LogP contribution < -0.4 is 14.8 Å². The van der Waals surface area contributed by atoms with E-state index in [2.05, 4.69) is 52.1 Å². The van der Waals surface area contributed by atoms with Crippen LogP contribution >= 0.6 is 0 Å². The van der Waals surface area contributed by atoms with Gasteiger partial charge in [0.15, 0.2) is 0 Å². The molecule has 4 aromatic rings. The summed E-state index contributed by atoms with van der Waals surface area (Å²) in [4.78, 5) is 4.47. The second-order valence-electron chi connectivity index (χ2n) is 6.98. The number of imidazole rings is 1. The summed E-state index contributed by atoms with van der Waals surface area (Å²) in [6.45, 7) is 2.88. The van der Waals surface area contributed by atoms with E-state index in [9.17, 15) is 0 Å². The lowest BCUT2D eigenvalue weighted by Gasteiger charge is -2.18. The quantitative estimate of drug-likeness (QED) is 0.490. The highest BCUT2D eigenvalue weighted by Gasteiger charge is 2.12. The van der Waals surface area contributed by atoms with Gasteiger partial charge in [-0.2, -0.15) is 0 Å². The van der Waals surface area contributed by atoms with Crippen molar-refractivity contribution in [2.24, 2.45) is 0 Å². The second-order valence-corrected chi connectivity index (χ2v) is 6.98. The highest BCUT2D eigenvalue weighted by atomic mass is 16.5. The molecule has 1 heterocycles. The van der Waals surface area contributed by atoms with Crippen LogP contribution in [0.15, 0.2) is 73.1 Å². The lowest BCUT2D eigenvalue weighted by molar-refractivity contribution is 0.391. The van der Waals surface area contributed by atoms with Crippen molar-refractivity contribution in [2.45, 2.75) is 19.5 Å². The molecular weight excluding hydrogens is 362 g/mol. The van der Waals surface area contributed by atoms with Gasteiger partial charge in [0.2, 0.25) is 0 Å². The predicted molar refractivity (Wildman–Crippen MR) is 116 cm³/mol. The zero-order valence-corrected chi connectivity index (χ0v) is 16.9. The predicted octanol–water partition coefficient (Wildman–Crippen LogP) is 4.89. The third-order valence-electron chi connectivity index (χ3n) is 5.18. The number of hydrogen-bond donors (Lipinski definition) is 1. The fraction of sp³-hybridized carbons (Fsp3) is 0.208. The molecular formula is C24H25N3O2. The van der Waals surface area contributed by atoms with Crippen molar-refractivity contribution >= 4 is 11.0 Å². The Morgan fingerprint density at radius 1 is 0.966 bits per heavy atom. The third-order valence-corrected chi connectivity index (χ3v) is 5.18. The van der Waals surface area contributed by atoms with Crippen LogP contribution in [0.3, 0.4) is 0 Å². The zero-order valence-electron chi connectivity index (χ0n) is 16.9. The number of nitrogens with one attached hydrogen (secondary N) is 1. The van der Waals surface area contributed by atoms with E-state index in [1.165, 1.54) is 5.56 Å². The van der Waals surface area contributed by atoms with Gasteiger partial charge in [0, 0.05) is 23.8 Å². The Balaban J connectivity index is 1.47. The summed E-state index contributed by atoms with van der Waals surface area (Å²) in [5.74, 6) is 1.68. The van der Waals surface area contributed by atoms with Crippen LogP contribution in [0.25, 0.3) is 16.7 Å². The minimum atomic E-state index is 0.123. The monoisotopic (exact) mass is 387 g/mol. The van der Waals surface area contributed by atoms with Gasteiger partial charge in [-0.15, -0.1) is 0 Å². The lowest BCUT2D eigenvalue weighted by Crippen LogP contribution is -2.18. The summed E-state index contributed by atoms with van der Waals surface area (Å²) in [5.41, 5.74) is 5.50. The average molecular weight is 387 g/mol. The van der Waals surface area contributed by atoms with Gasteiger partial charge in [0.25, 0.3) is 0 Å². The van der Waals surface area contributed by atoms with Gasteiger partial charge in [-0.1, -0.05) is 24.3 Å². The Morgan fingerprint density at radius 3 is 2.52 bits per heavy atom. The summed E-state index contributed by atoms with van der Waals surface area (Å²) < 4.78 is 13.0. The summed E-state index contributed by atoms with van der Waals surface area (Å²) in [7, 11) is 3.37. The Morgan fingerprint density at radius 2 is 1.76 bits per heavy atom. The molecule has 4 rings (SSSR count). The fourth-order valence-corrected chi connectivity index (χ4v) is 3.50. The van der Waals surface area contributed by atoms with Crippen LogP contribution in [0.5, 0.6) is 11.5 Å². The summed E-state index contributed by atoms with van der Waals surface area (Å²) in [5, 5.41) is 3.57. The number of fused-ring (bicyclic) bond motifs is 1. The molecule has 5 nitrogen and oxygen atoms in total. The molecule has 3 aromatic carbocycles. The maximum Gasteiger partial charge on any atom is 0.123 e. The molecule has 148 valence electrons. The maximum absolute atomic E-state index is 5.51. The molecule has 0 fully saturated rings. The number of nitrogens with zero attached hydrogens (tertiary/aromatic N) is 2. The Bertz CT molecular complexity index is 1100. The smallest absolute Gasteiger partial charge is 0.123 e. The Kier molecular flexibility index (Phi) is 5.49. The molecule has 0 aliphatic rings. The van der Waals surface area contributed by atoms with Gasteiger partial charge in [0.1, 0.15) is 17.8 Å². The van der Waals surface area contributed by atoms with Crippen molar-refractivity contribution in [2.75, 3.05) is 14.2 Å². The van der Waals surface area contributed by atoms with Gasteiger partial charge >= 0.3 is 0 Å². The van der Waals surface area contributed by atoms with Gasteiger partial charge in [0.05, 0.1) is 25.3 Å². The highest BCUT2D eigenvalue weighted by Crippen LogP contribution is 2.29. The summed E-state index contributed by atoms with van der Waals surface area (Å²) >= 11 is 0. The van der Waals surface area contributed by atoms with Crippen LogP contribution in [0, 0.1) is 0 Å². The minimum absolute atomic E-state index is 0.123. The summed E-state index contributed by atoms with van der Waals surface area (Å²) in [6.07, 6.45) is 1.87. The van der Waals surface area contributed by atoms with Crippen LogP contribution in [0.4, 0.5) is 0 Å². The fourth-order valence-electron chi connectivity index (χ4n) is 3.50. The average Bonchev–Trinajstić information content (AvgIpc) is 3.21. The van der Waals surface area contributed by atoms with Crippen molar-refractivity contribution < 1.29 is 9.47 Å². The van der Waals surface area contributed by atoms with E-state index in [0.29, 0.717) is 0 Å². The molecule has 1 aromatic heterocycles. The van der Waals surface area contributed by atoms with Crippen molar-refractivity contribution in [1.29, 1.82) is 0 Å². The van der Waals surface area contributed by atoms with E-state index in [4.69, 9.17) is 9.47 Å². The first kappa shape index (κ1) is 19.0. The molecule has 0 radical (unpaired) electrons. The number of aromatic nitrogens is 2. The number of rotatable bonds is 7. The molecule has 1 atom stereocenters. The topological polar surface area (TPSA) is 48.3 Å². The van der Waals surface area contributed by atoms with Crippen molar-refractivity contribution in [1.82, 2.24) is 14.9 Å². The van der Waals surface area contributed by atoms with Crippen LogP contribution in [-0.4, -0.2) is 23.8 Å². The normalized spacial score (nSPS) is 12.1. The molecule has 0 saturated carbocycles. The van der Waals surface area contributed by atoms with E-state index in [0.717, 1.165) is 40.3 Å². The number of para-hydroxylation sites is 2. The van der Waals surface area contributed by atoms with Crippen LogP contribution in [-0.2, 0) is 6.54 Å². The molecule has 0 bridgehead atoms. The van der Waals surface area contributed by atoms with E-state index < -0.39 is 0 Å². The van der Waals surface area contributed by atoms with E-state index in [-0.39, 0.29) is 6.04 Å². The molecule has 0 unspecified atom stereocenters.